The van der Waals surface area contributed by atoms with Crippen molar-refractivity contribution in [2.45, 2.75) is 19.5 Å². The van der Waals surface area contributed by atoms with Crippen LogP contribution in [0.15, 0.2) is 12.4 Å². The summed E-state index contributed by atoms with van der Waals surface area (Å²) in [7, 11) is 1.94. The molecule has 0 atom stereocenters. The van der Waals surface area contributed by atoms with Crippen molar-refractivity contribution < 1.29 is 4.68 Å². The van der Waals surface area contributed by atoms with Gasteiger partial charge in [0.1, 0.15) is 0 Å². The molecule has 0 saturated heterocycles. The highest BCUT2D eigenvalue weighted by molar-refractivity contribution is 4.98. The van der Waals surface area contributed by atoms with Crippen LogP contribution in [-0.4, -0.2) is 4.68 Å². The molecule has 0 aliphatic rings. The van der Waals surface area contributed by atoms with Crippen LogP contribution in [0, 0.1) is 11.3 Å². The molecule has 1 aromatic rings. The largest absolute Gasteiger partial charge is 0.326 e. The van der Waals surface area contributed by atoms with Crippen LogP contribution in [0.2, 0.25) is 0 Å². The summed E-state index contributed by atoms with van der Waals surface area (Å²) in [5.74, 6) is 0. The Kier molecular flexibility index (Phi) is 2.83. The number of nitriles is 1. The normalized spacial score (nSPS) is 9.75. The van der Waals surface area contributed by atoms with Crippen molar-refractivity contribution in [3.05, 3.63) is 18.0 Å². The fourth-order valence-electron chi connectivity index (χ4n) is 1.12. The Balaban J connectivity index is 2.72. The van der Waals surface area contributed by atoms with Crippen LogP contribution in [0.25, 0.3) is 0 Å². The molecule has 0 radical (unpaired) electrons. The smallest absolute Gasteiger partial charge is 0.199 e. The summed E-state index contributed by atoms with van der Waals surface area (Å²) in [6.07, 6.45) is 4.47. The minimum absolute atomic E-state index is 0.534. The van der Waals surface area contributed by atoms with Gasteiger partial charge in [-0.25, -0.2) is 0 Å². The quantitative estimate of drug-likeness (QED) is 0.624. The van der Waals surface area contributed by atoms with Crippen molar-refractivity contribution in [3.63, 3.8) is 0 Å². The highest BCUT2D eigenvalue weighted by Gasteiger charge is 2.06. The van der Waals surface area contributed by atoms with Gasteiger partial charge < -0.3 is 5.73 Å². The van der Waals surface area contributed by atoms with E-state index in [2.05, 4.69) is 6.07 Å². The molecule has 0 spiro atoms. The molecule has 0 aliphatic carbocycles. The maximum Gasteiger partial charge on any atom is 0.199 e. The van der Waals surface area contributed by atoms with Gasteiger partial charge in [-0.3, -0.25) is 0 Å². The van der Waals surface area contributed by atoms with Gasteiger partial charge in [0.2, 0.25) is 0 Å². The fourth-order valence-corrected chi connectivity index (χ4v) is 1.12. The molecule has 1 aromatic heterocycles. The summed E-state index contributed by atoms with van der Waals surface area (Å²) in [6.45, 7) is 1.28. The lowest BCUT2D eigenvalue weighted by Gasteiger charge is -1.92. The summed E-state index contributed by atoms with van der Waals surface area (Å²) < 4.78 is 3.92. The van der Waals surface area contributed by atoms with Crippen molar-refractivity contribution in [1.29, 1.82) is 5.26 Å². The fraction of sp³-hybridized carbons (Fsp3) is 0.500. The van der Waals surface area contributed by atoms with E-state index >= 15 is 0 Å². The SMILES string of the molecule is C[n+]1cc(CN)cn1CCC#N. The van der Waals surface area contributed by atoms with E-state index in [1.54, 1.807) is 0 Å². The number of nitrogens with zero attached hydrogens (tertiary/aromatic N) is 3. The van der Waals surface area contributed by atoms with Gasteiger partial charge in [0.25, 0.3) is 0 Å². The summed E-state index contributed by atoms with van der Waals surface area (Å²) in [5.41, 5.74) is 6.56. The minimum Gasteiger partial charge on any atom is -0.326 e. The van der Waals surface area contributed by atoms with Gasteiger partial charge in [-0.05, 0) is 0 Å². The molecule has 0 unspecified atom stereocenters. The van der Waals surface area contributed by atoms with Crippen LogP contribution in [0.1, 0.15) is 12.0 Å². The van der Waals surface area contributed by atoms with Crippen molar-refractivity contribution in [1.82, 2.24) is 4.68 Å². The summed E-state index contributed by atoms with van der Waals surface area (Å²) in [5, 5.41) is 8.39. The van der Waals surface area contributed by atoms with Gasteiger partial charge in [-0.2, -0.15) is 9.94 Å². The molecule has 0 saturated carbocycles. The number of hydrogen-bond donors (Lipinski definition) is 1. The average Bonchev–Trinajstić information content (AvgIpc) is 2.43. The van der Waals surface area contributed by atoms with Crippen LogP contribution in [0.4, 0.5) is 0 Å². The van der Waals surface area contributed by atoms with Crippen molar-refractivity contribution in [2.75, 3.05) is 0 Å². The lowest BCUT2D eigenvalue weighted by molar-refractivity contribution is -0.753. The predicted molar refractivity (Wildman–Crippen MR) is 43.7 cm³/mol. The first-order valence-electron chi connectivity index (χ1n) is 3.90. The Labute approximate surface area is 71.8 Å². The van der Waals surface area contributed by atoms with E-state index in [0.717, 1.165) is 12.1 Å². The number of aromatic nitrogens is 2. The Morgan fingerprint density at radius 3 is 3.00 bits per heavy atom. The van der Waals surface area contributed by atoms with E-state index in [4.69, 9.17) is 11.0 Å². The van der Waals surface area contributed by atoms with Crippen molar-refractivity contribution in [3.8, 4) is 6.07 Å². The highest BCUT2D eigenvalue weighted by atomic mass is 15.4. The van der Waals surface area contributed by atoms with E-state index in [1.165, 1.54) is 0 Å². The Hall–Kier alpha value is -1.34. The topological polar surface area (TPSA) is 58.6 Å². The second-order valence-electron chi connectivity index (χ2n) is 2.68. The Morgan fingerprint density at radius 1 is 1.75 bits per heavy atom. The third-order valence-corrected chi connectivity index (χ3v) is 1.76. The molecule has 64 valence electrons. The maximum atomic E-state index is 8.39. The molecular formula is C8H13N4+. The van der Waals surface area contributed by atoms with E-state index in [1.807, 2.05) is 28.8 Å². The monoisotopic (exact) mass is 165 g/mol. The molecule has 0 fully saturated rings. The zero-order valence-corrected chi connectivity index (χ0v) is 7.20. The number of nitrogens with two attached hydrogens (primary N) is 1. The second kappa shape index (κ2) is 3.88. The van der Waals surface area contributed by atoms with Crippen LogP contribution >= 0.6 is 0 Å². The number of aryl methyl sites for hydroxylation is 2. The first-order chi connectivity index (χ1) is 5.77. The average molecular weight is 165 g/mol. The molecule has 0 aliphatic heterocycles. The first kappa shape index (κ1) is 8.75. The summed E-state index contributed by atoms with van der Waals surface area (Å²) in [6, 6.07) is 2.11. The molecule has 4 nitrogen and oxygen atoms in total. The van der Waals surface area contributed by atoms with E-state index in [9.17, 15) is 0 Å². The maximum absolute atomic E-state index is 8.39. The van der Waals surface area contributed by atoms with E-state index < -0.39 is 0 Å². The lowest BCUT2D eigenvalue weighted by Crippen LogP contribution is -2.37. The third-order valence-electron chi connectivity index (χ3n) is 1.76. The Morgan fingerprint density at radius 2 is 2.50 bits per heavy atom. The lowest BCUT2D eigenvalue weighted by atomic mass is 10.4. The van der Waals surface area contributed by atoms with Gasteiger partial charge in [0.15, 0.2) is 13.2 Å². The first-order valence-corrected chi connectivity index (χ1v) is 3.90. The van der Waals surface area contributed by atoms with E-state index in [-0.39, 0.29) is 0 Å². The molecule has 1 rings (SSSR count). The zero-order chi connectivity index (χ0) is 8.97. The molecule has 0 aromatic carbocycles. The molecule has 2 N–H and O–H groups in total. The molecule has 1 heterocycles. The van der Waals surface area contributed by atoms with Crippen LogP contribution in [-0.2, 0) is 20.1 Å². The van der Waals surface area contributed by atoms with Gasteiger partial charge in [0.05, 0.1) is 30.8 Å². The predicted octanol–water partition coefficient (Wildman–Crippen LogP) is -0.315. The van der Waals surface area contributed by atoms with Gasteiger partial charge in [-0.15, -0.1) is 4.68 Å². The zero-order valence-electron chi connectivity index (χ0n) is 7.20. The van der Waals surface area contributed by atoms with E-state index in [0.29, 0.717) is 13.0 Å². The van der Waals surface area contributed by atoms with Crippen LogP contribution in [0.3, 0.4) is 0 Å². The summed E-state index contributed by atoms with van der Waals surface area (Å²) in [4.78, 5) is 0. The number of rotatable bonds is 3. The van der Waals surface area contributed by atoms with Gasteiger partial charge >= 0.3 is 0 Å². The van der Waals surface area contributed by atoms with Gasteiger partial charge in [0, 0.05) is 6.54 Å². The van der Waals surface area contributed by atoms with Crippen LogP contribution < -0.4 is 10.4 Å². The standard InChI is InChI=1S/C8H13N4/c1-11-6-8(5-10)7-12(11)4-2-3-9/h6-7H,2,4-5,10H2,1H3/q+1. The van der Waals surface area contributed by atoms with Crippen molar-refractivity contribution in [2.24, 2.45) is 12.8 Å². The highest BCUT2D eigenvalue weighted by Crippen LogP contribution is 1.94. The van der Waals surface area contributed by atoms with Crippen molar-refractivity contribution >= 4 is 0 Å². The number of hydrogen-bond acceptors (Lipinski definition) is 2. The second-order valence-corrected chi connectivity index (χ2v) is 2.68. The molecule has 0 amide bonds. The molecule has 0 bridgehead atoms. The van der Waals surface area contributed by atoms with Gasteiger partial charge in [-0.1, -0.05) is 0 Å². The molecule has 4 heteroatoms. The summed E-state index contributed by atoms with van der Waals surface area (Å²) >= 11 is 0. The molecule has 12 heavy (non-hydrogen) atoms. The third kappa shape index (κ3) is 1.83. The molecular weight excluding hydrogens is 152 g/mol. The van der Waals surface area contributed by atoms with Crippen LogP contribution in [0.5, 0.6) is 0 Å². The Bertz CT molecular complexity index is 294. The minimum atomic E-state index is 0.534.